The van der Waals surface area contributed by atoms with Crippen LogP contribution in [0.15, 0.2) is 23.8 Å². The molecule has 0 bridgehead atoms. The smallest absolute Gasteiger partial charge is 0.123 e. The first-order valence-electron chi connectivity index (χ1n) is 11.0. The third-order valence-electron chi connectivity index (χ3n) is 7.01. The van der Waals surface area contributed by atoms with E-state index < -0.39 is 0 Å². The van der Waals surface area contributed by atoms with Gasteiger partial charge in [-0.2, -0.15) is 0 Å². The number of allylic oxidation sites excluding steroid dienone is 1. The Morgan fingerprint density at radius 2 is 1.96 bits per heavy atom. The second-order valence-electron chi connectivity index (χ2n) is 9.96. The number of benzene rings is 1. The van der Waals surface area contributed by atoms with E-state index in [4.69, 9.17) is 4.74 Å². The normalized spacial score (nSPS) is 23.4. The first-order chi connectivity index (χ1) is 13.2. The zero-order chi connectivity index (χ0) is 20.5. The molecule has 0 radical (unpaired) electrons. The molecule has 1 N–H and O–H groups in total. The molecule has 0 aromatic heterocycles. The van der Waals surface area contributed by atoms with Gasteiger partial charge in [-0.25, -0.2) is 0 Å². The van der Waals surface area contributed by atoms with Crippen LogP contribution in [0.25, 0.3) is 0 Å². The van der Waals surface area contributed by atoms with Crippen LogP contribution in [-0.2, 0) is 5.41 Å². The molecule has 3 nitrogen and oxygen atoms in total. The van der Waals surface area contributed by atoms with Gasteiger partial charge in [0.05, 0.1) is 6.61 Å². The fourth-order valence-electron chi connectivity index (χ4n) is 5.11. The van der Waals surface area contributed by atoms with Gasteiger partial charge in [-0.1, -0.05) is 58.6 Å². The van der Waals surface area contributed by atoms with E-state index in [1.54, 1.807) is 0 Å². The quantitative estimate of drug-likeness (QED) is 0.491. The lowest BCUT2D eigenvalue weighted by molar-refractivity contribution is -0.270. The van der Waals surface area contributed by atoms with Crippen molar-refractivity contribution >= 4 is 0 Å². The Bertz CT molecular complexity index is 730. The maximum Gasteiger partial charge on any atom is 0.123 e. The number of hydrogen-bond donors (Lipinski definition) is 1. The van der Waals surface area contributed by atoms with E-state index in [2.05, 4.69) is 46.8 Å². The number of rotatable bonds is 7. The van der Waals surface area contributed by atoms with Crippen LogP contribution in [0.1, 0.15) is 96.6 Å². The molecule has 1 aromatic rings. The van der Waals surface area contributed by atoms with E-state index in [0.29, 0.717) is 0 Å². The van der Waals surface area contributed by atoms with Gasteiger partial charge >= 0.3 is 0 Å². The van der Waals surface area contributed by atoms with Crippen molar-refractivity contribution < 1.29 is 14.9 Å². The van der Waals surface area contributed by atoms with Crippen LogP contribution < -0.4 is 9.84 Å². The Hall–Kier alpha value is -1.48. The maximum atomic E-state index is 13.2. The molecule has 0 fully saturated rings. The summed E-state index contributed by atoms with van der Waals surface area (Å²) in [6, 6.07) is 3.99. The van der Waals surface area contributed by atoms with Gasteiger partial charge in [0.15, 0.2) is 0 Å². The molecule has 2 atom stereocenters. The molecule has 0 saturated carbocycles. The van der Waals surface area contributed by atoms with Crippen molar-refractivity contribution in [3.05, 3.63) is 34.9 Å². The molecule has 1 aliphatic carbocycles. The van der Waals surface area contributed by atoms with Crippen molar-refractivity contribution in [2.45, 2.75) is 96.5 Å². The fraction of sp³-hybridized carbons (Fsp3) is 0.680. The molecular weight excluding hydrogens is 348 g/mol. The second kappa shape index (κ2) is 8.10. The van der Waals surface area contributed by atoms with Crippen molar-refractivity contribution in [2.24, 2.45) is 5.92 Å². The Balaban J connectivity index is 1.93. The Morgan fingerprint density at radius 3 is 2.64 bits per heavy atom. The summed E-state index contributed by atoms with van der Waals surface area (Å²) >= 11 is 0. The molecule has 0 unspecified atom stereocenters. The third-order valence-corrected chi connectivity index (χ3v) is 7.01. The van der Waals surface area contributed by atoms with Crippen LogP contribution in [-0.4, -0.2) is 17.3 Å². The number of hydrogen-bond acceptors (Lipinski definition) is 3. The van der Waals surface area contributed by atoms with Crippen molar-refractivity contribution in [3.8, 4) is 11.5 Å². The standard InChI is InChI=1S/C25H38O3/c1-6-7-8-9-12-24(2,3)18-14-21(27)23-19-13-17(16-26)10-11-20(19)25(4,5)28-22(23)15-18/h10,14-15,19-20,26-27H,6-9,11-13,16H2,1-5H3/p-1/t19-,20-/m0/s1. The minimum Gasteiger partial charge on any atom is -0.872 e. The van der Waals surface area contributed by atoms with Gasteiger partial charge in [-0.15, -0.1) is 5.75 Å². The highest BCUT2D eigenvalue weighted by Gasteiger charge is 2.45. The molecule has 0 saturated heterocycles. The summed E-state index contributed by atoms with van der Waals surface area (Å²) in [7, 11) is 0. The SMILES string of the molecule is CCCCCCC(C)(C)c1cc([O-])c2c(c1)OC(C)(C)[C@H]1CC=C(CO)C[C@H]21. The van der Waals surface area contributed by atoms with Crippen molar-refractivity contribution in [2.75, 3.05) is 6.61 Å². The zero-order valence-electron chi connectivity index (χ0n) is 18.3. The van der Waals surface area contributed by atoms with Crippen molar-refractivity contribution in [3.63, 3.8) is 0 Å². The maximum absolute atomic E-state index is 13.2. The Morgan fingerprint density at radius 1 is 1.21 bits per heavy atom. The van der Waals surface area contributed by atoms with Crippen LogP contribution in [0, 0.1) is 5.92 Å². The molecule has 156 valence electrons. The zero-order valence-corrected chi connectivity index (χ0v) is 18.3. The number of aliphatic hydroxyl groups is 1. The minimum absolute atomic E-state index is 0.0327. The van der Waals surface area contributed by atoms with Gasteiger partial charge in [0.25, 0.3) is 0 Å². The average molecular weight is 386 g/mol. The number of unbranched alkanes of at least 4 members (excludes halogenated alkanes) is 3. The molecule has 3 rings (SSSR count). The summed E-state index contributed by atoms with van der Waals surface area (Å²) in [5.74, 6) is 1.30. The lowest BCUT2D eigenvalue weighted by Crippen LogP contribution is -2.46. The van der Waals surface area contributed by atoms with Gasteiger partial charge in [-0.3, -0.25) is 0 Å². The van der Waals surface area contributed by atoms with Gasteiger partial charge in [0.1, 0.15) is 11.4 Å². The lowest BCUT2D eigenvalue weighted by atomic mass is 9.66. The molecule has 2 aliphatic rings. The van der Waals surface area contributed by atoms with Gasteiger partial charge < -0.3 is 14.9 Å². The monoisotopic (exact) mass is 385 g/mol. The van der Waals surface area contributed by atoms with Crippen LogP contribution in [0.2, 0.25) is 0 Å². The minimum atomic E-state index is -0.314. The number of fused-ring (bicyclic) bond motifs is 3. The molecule has 0 amide bonds. The van der Waals surface area contributed by atoms with Crippen molar-refractivity contribution in [1.82, 2.24) is 0 Å². The Labute approximate surface area is 170 Å². The Kier molecular flexibility index (Phi) is 6.14. The highest BCUT2D eigenvalue weighted by Crippen LogP contribution is 2.54. The molecule has 1 heterocycles. The summed E-state index contributed by atoms with van der Waals surface area (Å²) < 4.78 is 6.43. The summed E-state index contributed by atoms with van der Waals surface area (Å²) in [6.45, 7) is 11.1. The van der Waals surface area contributed by atoms with Crippen LogP contribution >= 0.6 is 0 Å². The van der Waals surface area contributed by atoms with E-state index in [1.165, 1.54) is 25.7 Å². The predicted octanol–water partition coefficient (Wildman–Crippen LogP) is 5.59. The summed E-state index contributed by atoms with van der Waals surface area (Å²) in [4.78, 5) is 0. The molecule has 1 aliphatic heterocycles. The predicted molar refractivity (Wildman–Crippen MR) is 113 cm³/mol. The van der Waals surface area contributed by atoms with E-state index >= 15 is 0 Å². The second-order valence-corrected chi connectivity index (χ2v) is 9.96. The van der Waals surface area contributed by atoms with Gasteiger partial charge in [0, 0.05) is 5.92 Å². The molecule has 28 heavy (non-hydrogen) atoms. The highest BCUT2D eigenvalue weighted by atomic mass is 16.5. The first-order valence-corrected chi connectivity index (χ1v) is 11.0. The van der Waals surface area contributed by atoms with Crippen LogP contribution in [0.4, 0.5) is 0 Å². The summed E-state index contributed by atoms with van der Waals surface area (Å²) in [5.41, 5.74) is 2.62. The van der Waals surface area contributed by atoms with Crippen LogP contribution in [0.5, 0.6) is 11.5 Å². The van der Waals surface area contributed by atoms with E-state index in [0.717, 1.165) is 41.7 Å². The fourth-order valence-corrected chi connectivity index (χ4v) is 5.11. The molecular formula is C25H37O3-. The first kappa shape index (κ1) is 21.2. The summed E-state index contributed by atoms with van der Waals surface area (Å²) in [6.07, 6.45) is 9.78. The average Bonchev–Trinajstić information content (AvgIpc) is 2.63. The molecule has 0 spiro atoms. The van der Waals surface area contributed by atoms with E-state index in [9.17, 15) is 10.2 Å². The van der Waals surface area contributed by atoms with E-state index in [-0.39, 0.29) is 35.2 Å². The number of ether oxygens (including phenoxy) is 1. The largest absolute Gasteiger partial charge is 0.872 e. The van der Waals surface area contributed by atoms with E-state index in [1.807, 2.05) is 6.07 Å². The number of aliphatic hydroxyl groups excluding tert-OH is 1. The van der Waals surface area contributed by atoms with Crippen LogP contribution in [0.3, 0.4) is 0 Å². The van der Waals surface area contributed by atoms with Crippen molar-refractivity contribution in [1.29, 1.82) is 0 Å². The van der Waals surface area contributed by atoms with Gasteiger partial charge in [-0.05, 0) is 67.2 Å². The topological polar surface area (TPSA) is 52.5 Å². The molecule has 1 aromatic carbocycles. The summed E-state index contributed by atoms with van der Waals surface area (Å²) in [5, 5.41) is 22.8. The lowest BCUT2D eigenvalue weighted by Gasteiger charge is -2.48. The highest BCUT2D eigenvalue weighted by molar-refractivity contribution is 5.53. The van der Waals surface area contributed by atoms with Gasteiger partial charge in [0.2, 0.25) is 0 Å². The third kappa shape index (κ3) is 4.10. The molecule has 3 heteroatoms.